The van der Waals surface area contributed by atoms with E-state index < -0.39 is 51.7 Å². The Hall–Kier alpha value is -5.48. The molecule has 20 heteroatoms. The van der Waals surface area contributed by atoms with Gasteiger partial charge in [0.15, 0.2) is 12.1 Å². The Bertz CT molecular complexity index is 1840. The van der Waals surface area contributed by atoms with Crippen molar-refractivity contribution in [2.45, 2.75) is 37.1 Å². The number of oxime groups is 1. The van der Waals surface area contributed by atoms with Gasteiger partial charge in [0.05, 0.1) is 9.92 Å². The van der Waals surface area contributed by atoms with Crippen molar-refractivity contribution in [3.8, 4) is 17.6 Å². The summed E-state index contributed by atoms with van der Waals surface area (Å²) >= 11 is 6.01. The van der Waals surface area contributed by atoms with Gasteiger partial charge in [0, 0.05) is 5.69 Å². The number of anilines is 1. The molecule has 2 atom stereocenters. The highest BCUT2D eigenvalue weighted by Gasteiger charge is 2.38. The van der Waals surface area contributed by atoms with Crippen molar-refractivity contribution >= 4 is 45.1 Å². The minimum atomic E-state index is -5.08. The topological polar surface area (TPSA) is 255 Å². The standard InChI is InChI=1S/C24H24ClN7O6S.C2HF3O2/c1-13-6-11-19(23(34)32(13)21(22(27)33)14(2)38-30-24(28)29)31-39(35,36)16-9-7-15(8-10-16)37-20-5-3-4-18(25)17(20)12-26;3-2(4,5)1(6)7/h3-11,14,21,31H,1-2H3,(H2,27,33)(H4,28,29,30);(H,6,7). The van der Waals surface area contributed by atoms with Crippen LogP contribution >= 0.6 is 11.6 Å². The van der Waals surface area contributed by atoms with Gasteiger partial charge in [-0.05, 0) is 67.5 Å². The van der Waals surface area contributed by atoms with Gasteiger partial charge in [-0.25, -0.2) is 13.2 Å². The Balaban J connectivity index is 0.000000942. The number of carboxylic acid groups (broad SMARTS) is 1. The lowest BCUT2D eigenvalue weighted by atomic mass is 10.1. The third kappa shape index (κ3) is 9.51. The number of nitrogens with one attached hydrogen (secondary N) is 1. The second kappa shape index (κ2) is 15.0. The highest BCUT2D eigenvalue weighted by Crippen LogP contribution is 2.30. The highest BCUT2D eigenvalue weighted by molar-refractivity contribution is 7.92. The number of guanidine groups is 1. The van der Waals surface area contributed by atoms with E-state index >= 15 is 0 Å². The minimum Gasteiger partial charge on any atom is -0.475 e. The van der Waals surface area contributed by atoms with E-state index in [-0.39, 0.29) is 32.7 Å². The van der Waals surface area contributed by atoms with Crippen LogP contribution in [0.3, 0.4) is 0 Å². The van der Waals surface area contributed by atoms with Crippen molar-refractivity contribution in [1.29, 1.82) is 5.26 Å². The molecule has 3 rings (SSSR count). The number of nitriles is 1. The minimum absolute atomic E-state index is 0.125. The van der Waals surface area contributed by atoms with E-state index in [1.807, 2.05) is 6.07 Å². The Kier molecular flexibility index (Phi) is 12.0. The highest BCUT2D eigenvalue weighted by atomic mass is 35.5. The number of hydrogen-bond donors (Lipinski definition) is 5. The van der Waals surface area contributed by atoms with Crippen LogP contribution < -0.4 is 32.2 Å². The maximum atomic E-state index is 13.3. The van der Waals surface area contributed by atoms with Crippen LogP contribution in [-0.4, -0.2) is 48.2 Å². The number of carbonyl (C=O) groups excluding carboxylic acids is 1. The van der Waals surface area contributed by atoms with Gasteiger partial charge in [0.1, 0.15) is 28.8 Å². The van der Waals surface area contributed by atoms with Gasteiger partial charge in [-0.15, -0.1) is 0 Å². The Morgan fingerprint density at radius 3 is 2.20 bits per heavy atom. The average Bonchev–Trinajstić information content (AvgIpc) is 2.95. The van der Waals surface area contributed by atoms with E-state index in [0.29, 0.717) is 5.69 Å². The molecular formula is C26H25ClF3N7O8S. The first kappa shape index (κ1) is 36.7. The van der Waals surface area contributed by atoms with Crippen LogP contribution in [0.5, 0.6) is 11.5 Å². The van der Waals surface area contributed by atoms with Crippen LogP contribution in [0.1, 0.15) is 24.2 Å². The van der Waals surface area contributed by atoms with Gasteiger partial charge in [-0.3, -0.25) is 18.9 Å². The number of sulfonamides is 1. The number of nitrogens with zero attached hydrogens (tertiary/aromatic N) is 3. The number of aryl methyl sites for hydroxylation is 1. The second-order valence-corrected chi connectivity index (χ2v) is 11.0. The molecule has 3 aromatic rings. The number of aliphatic carboxylic acids is 1. The average molecular weight is 688 g/mol. The van der Waals surface area contributed by atoms with E-state index in [4.69, 9.17) is 48.3 Å². The van der Waals surface area contributed by atoms with Crippen LogP contribution in [-0.2, 0) is 24.4 Å². The molecule has 1 amide bonds. The summed E-state index contributed by atoms with van der Waals surface area (Å²) in [4.78, 5) is 39.3. The predicted octanol–water partition coefficient (Wildman–Crippen LogP) is 2.53. The summed E-state index contributed by atoms with van der Waals surface area (Å²) in [5.74, 6) is -3.67. The van der Waals surface area contributed by atoms with Gasteiger partial charge in [-0.2, -0.15) is 18.4 Å². The van der Waals surface area contributed by atoms with Crippen molar-refractivity contribution < 1.29 is 45.9 Å². The van der Waals surface area contributed by atoms with E-state index in [0.717, 1.165) is 4.57 Å². The van der Waals surface area contributed by atoms with Crippen molar-refractivity contribution in [3.63, 3.8) is 0 Å². The van der Waals surface area contributed by atoms with Crippen molar-refractivity contribution in [2.24, 2.45) is 22.4 Å². The number of nitrogens with two attached hydrogens (primary N) is 3. The third-order valence-electron chi connectivity index (χ3n) is 5.59. The number of carbonyl (C=O) groups is 2. The molecule has 246 valence electrons. The van der Waals surface area contributed by atoms with Gasteiger partial charge in [-0.1, -0.05) is 17.7 Å². The van der Waals surface area contributed by atoms with Crippen LogP contribution in [0.4, 0.5) is 18.9 Å². The zero-order valence-corrected chi connectivity index (χ0v) is 25.2. The Morgan fingerprint density at radius 1 is 1.11 bits per heavy atom. The number of alkyl halides is 3. The van der Waals surface area contributed by atoms with Crippen LogP contribution in [0.25, 0.3) is 0 Å². The lowest BCUT2D eigenvalue weighted by Gasteiger charge is -2.24. The van der Waals surface area contributed by atoms with Gasteiger partial charge >= 0.3 is 12.1 Å². The SMILES string of the molecule is Cc1ccc(NS(=O)(=O)c2ccc(Oc3cccc(Cl)c3C#N)cc2)c(=O)n1C(C(N)=O)C(C)ON=C(N)N.O=C(O)C(F)(F)F. The van der Waals surface area contributed by atoms with E-state index in [1.54, 1.807) is 12.1 Å². The molecule has 15 nitrogen and oxygen atoms in total. The third-order valence-corrected chi connectivity index (χ3v) is 7.29. The molecule has 1 aromatic heterocycles. The van der Waals surface area contributed by atoms with Gasteiger partial charge in [0.2, 0.25) is 11.9 Å². The number of rotatable bonds is 10. The molecule has 0 aliphatic carbocycles. The summed E-state index contributed by atoms with van der Waals surface area (Å²) in [7, 11) is -4.26. The molecule has 46 heavy (non-hydrogen) atoms. The molecule has 0 fully saturated rings. The number of carboxylic acids is 1. The summed E-state index contributed by atoms with van der Waals surface area (Å²) in [6.07, 6.45) is -6.17. The quantitative estimate of drug-likeness (QED) is 0.118. The number of pyridine rings is 1. The second-order valence-electron chi connectivity index (χ2n) is 8.94. The Morgan fingerprint density at radius 2 is 1.70 bits per heavy atom. The summed E-state index contributed by atoms with van der Waals surface area (Å²) in [6, 6.07) is 13.2. The zero-order chi connectivity index (χ0) is 35.0. The van der Waals surface area contributed by atoms with E-state index in [1.165, 1.54) is 56.3 Å². The maximum absolute atomic E-state index is 13.3. The normalized spacial score (nSPS) is 12.3. The van der Waals surface area contributed by atoms with Crippen molar-refractivity contribution in [2.75, 3.05) is 4.72 Å². The summed E-state index contributed by atoms with van der Waals surface area (Å²) in [5.41, 5.74) is 15.2. The molecule has 0 aliphatic rings. The number of amides is 1. The maximum Gasteiger partial charge on any atom is 0.490 e. The molecule has 1 heterocycles. The molecular weight excluding hydrogens is 663 g/mol. The smallest absolute Gasteiger partial charge is 0.475 e. The number of halogens is 4. The van der Waals surface area contributed by atoms with Crippen molar-refractivity contribution in [3.05, 3.63) is 81.2 Å². The fourth-order valence-corrected chi connectivity index (χ4v) is 4.82. The summed E-state index contributed by atoms with van der Waals surface area (Å²) in [6.45, 7) is 2.94. The first-order chi connectivity index (χ1) is 21.3. The lowest BCUT2D eigenvalue weighted by Crippen LogP contribution is -2.42. The molecule has 2 unspecified atom stereocenters. The van der Waals surface area contributed by atoms with Gasteiger partial charge < -0.3 is 31.9 Å². The fourth-order valence-electron chi connectivity index (χ4n) is 3.55. The first-order valence-electron chi connectivity index (χ1n) is 12.4. The molecule has 0 saturated carbocycles. The molecule has 8 N–H and O–H groups in total. The molecule has 0 bridgehead atoms. The molecule has 0 aliphatic heterocycles. The monoisotopic (exact) mass is 687 g/mol. The molecule has 2 aromatic carbocycles. The molecule has 0 spiro atoms. The Labute approximate surface area is 263 Å². The largest absolute Gasteiger partial charge is 0.490 e. The zero-order valence-electron chi connectivity index (χ0n) is 23.6. The number of aromatic nitrogens is 1. The van der Waals surface area contributed by atoms with Crippen LogP contribution in [0.2, 0.25) is 5.02 Å². The van der Waals surface area contributed by atoms with Gasteiger partial charge in [0.25, 0.3) is 15.6 Å². The predicted molar refractivity (Wildman–Crippen MR) is 157 cm³/mol. The number of hydrogen-bond acceptors (Lipinski definition) is 9. The number of primary amides is 1. The van der Waals surface area contributed by atoms with Crippen LogP contribution in [0, 0.1) is 18.3 Å². The summed E-state index contributed by atoms with van der Waals surface area (Å²) in [5, 5.41) is 20.0. The first-order valence-corrected chi connectivity index (χ1v) is 14.2. The molecule has 0 radical (unpaired) electrons. The fraction of sp³-hybridized carbons (Fsp3) is 0.192. The lowest BCUT2D eigenvalue weighted by molar-refractivity contribution is -0.192. The van der Waals surface area contributed by atoms with Crippen molar-refractivity contribution in [1.82, 2.24) is 4.57 Å². The number of ether oxygens (including phenoxy) is 1. The van der Waals surface area contributed by atoms with Crippen LogP contribution in [0.15, 0.2) is 69.4 Å². The molecule has 0 saturated heterocycles. The number of benzene rings is 2. The van der Waals surface area contributed by atoms with E-state index in [2.05, 4.69) is 9.88 Å². The summed E-state index contributed by atoms with van der Waals surface area (Å²) < 4.78 is 66.7. The van der Waals surface area contributed by atoms with E-state index in [9.17, 15) is 36.4 Å².